The van der Waals surface area contributed by atoms with Crippen LogP contribution < -0.4 is 5.32 Å². The summed E-state index contributed by atoms with van der Waals surface area (Å²) < 4.78 is 0. The van der Waals surface area contributed by atoms with Crippen LogP contribution in [0.3, 0.4) is 0 Å². The standard InChI is InChI=1S/C28H29N3O5S2/c32-21-5-4-19(25(33)29-21)31-12-18-17(26(31)34)2-1-3-20(18)37-13-22-30-23(27(35)36)24(38-22)28-9-14-6-15(10-28)8-16(7-14)11-28/h1-3,14-16,19H,4-13H2,(H,35,36)(H,29,32,33). The number of rotatable bonds is 6. The topological polar surface area (TPSA) is 117 Å². The van der Waals surface area contributed by atoms with Gasteiger partial charge in [0, 0.05) is 33.7 Å². The fraction of sp³-hybridized carbons (Fsp3) is 0.536. The van der Waals surface area contributed by atoms with Crippen LogP contribution in [0.2, 0.25) is 0 Å². The Hall–Kier alpha value is -2.72. The first-order valence-corrected chi connectivity index (χ1v) is 15.2. The predicted octanol–water partition coefficient (Wildman–Crippen LogP) is 4.36. The summed E-state index contributed by atoms with van der Waals surface area (Å²) in [7, 11) is 0. The number of aromatic carboxylic acids is 1. The van der Waals surface area contributed by atoms with E-state index in [2.05, 4.69) is 10.3 Å². The third-order valence-electron chi connectivity index (χ3n) is 9.28. The molecule has 0 spiro atoms. The molecule has 1 saturated heterocycles. The predicted molar refractivity (Wildman–Crippen MR) is 141 cm³/mol. The number of thiazole rings is 1. The molecule has 3 amide bonds. The van der Waals surface area contributed by atoms with Gasteiger partial charge in [0.05, 0.1) is 5.75 Å². The number of carboxylic acid groups (broad SMARTS) is 1. The van der Waals surface area contributed by atoms with Gasteiger partial charge in [0.2, 0.25) is 11.8 Å². The largest absolute Gasteiger partial charge is 0.476 e. The van der Waals surface area contributed by atoms with Crippen LogP contribution >= 0.6 is 23.1 Å². The number of nitrogens with zero attached hydrogens (tertiary/aromatic N) is 2. The van der Waals surface area contributed by atoms with Crippen LogP contribution in [-0.2, 0) is 27.3 Å². The number of piperidine rings is 1. The first-order valence-electron chi connectivity index (χ1n) is 13.4. The van der Waals surface area contributed by atoms with Gasteiger partial charge in [-0.3, -0.25) is 19.7 Å². The van der Waals surface area contributed by atoms with E-state index in [0.29, 0.717) is 24.3 Å². The van der Waals surface area contributed by atoms with Gasteiger partial charge >= 0.3 is 5.97 Å². The minimum atomic E-state index is -0.936. The Morgan fingerprint density at radius 2 is 1.84 bits per heavy atom. The van der Waals surface area contributed by atoms with Crippen LogP contribution in [0.25, 0.3) is 0 Å². The lowest BCUT2D eigenvalue weighted by atomic mass is 9.49. The van der Waals surface area contributed by atoms with Crippen LogP contribution in [0, 0.1) is 17.8 Å². The van der Waals surface area contributed by atoms with Crippen molar-refractivity contribution in [3.05, 3.63) is 44.9 Å². The van der Waals surface area contributed by atoms with Crippen LogP contribution in [-0.4, -0.2) is 44.7 Å². The summed E-state index contributed by atoms with van der Waals surface area (Å²) in [5, 5.41) is 13.2. The Labute approximate surface area is 228 Å². The molecule has 4 aliphatic carbocycles. The van der Waals surface area contributed by atoms with Gasteiger partial charge in [-0.15, -0.1) is 23.1 Å². The molecule has 3 heterocycles. The monoisotopic (exact) mass is 551 g/mol. The van der Waals surface area contributed by atoms with Gasteiger partial charge in [-0.25, -0.2) is 9.78 Å². The van der Waals surface area contributed by atoms with E-state index < -0.39 is 17.9 Å². The molecule has 0 radical (unpaired) electrons. The molecule has 8 nitrogen and oxygen atoms in total. The molecule has 5 fully saturated rings. The number of hydrogen-bond acceptors (Lipinski definition) is 7. The van der Waals surface area contributed by atoms with Crippen LogP contribution in [0.1, 0.15) is 87.7 Å². The smallest absolute Gasteiger partial charge is 0.355 e. The first kappa shape index (κ1) is 24.3. The van der Waals surface area contributed by atoms with Gasteiger partial charge in [-0.05, 0) is 80.4 Å². The van der Waals surface area contributed by atoms with Gasteiger partial charge in [-0.1, -0.05) is 6.07 Å². The molecule has 1 aromatic carbocycles. The van der Waals surface area contributed by atoms with E-state index >= 15 is 0 Å². The van der Waals surface area contributed by atoms with Crippen LogP contribution in [0.4, 0.5) is 0 Å². The Kier molecular flexibility index (Phi) is 5.70. The number of imide groups is 1. The van der Waals surface area contributed by atoms with Crippen molar-refractivity contribution in [3.8, 4) is 0 Å². The lowest BCUT2D eigenvalue weighted by Gasteiger charge is -2.56. The van der Waals surface area contributed by atoms with E-state index in [1.54, 1.807) is 34.1 Å². The van der Waals surface area contributed by atoms with Crippen molar-refractivity contribution in [1.29, 1.82) is 0 Å². The molecule has 1 atom stereocenters. The van der Waals surface area contributed by atoms with Crippen LogP contribution in [0.5, 0.6) is 0 Å². The van der Waals surface area contributed by atoms with Crippen molar-refractivity contribution in [1.82, 2.24) is 15.2 Å². The van der Waals surface area contributed by atoms with Gasteiger partial charge < -0.3 is 10.0 Å². The number of carbonyl (C=O) groups excluding carboxylic acids is 3. The molecule has 1 unspecified atom stereocenters. The van der Waals surface area contributed by atoms with Crippen molar-refractivity contribution in [2.45, 2.75) is 80.0 Å². The lowest BCUT2D eigenvalue weighted by Crippen LogP contribution is -2.52. The summed E-state index contributed by atoms with van der Waals surface area (Å²) in [6, 6.07) is 4.95. The highest BCUT2D eigenvalue weighted by atomic mass is 32.2. The molecular formula is C28H29N3O5S2. The Bertz CT molecular complexity index is 1350. The minimum absolute atomic E-state index is 0.0219. The van der Waals surface area contributed by atoms with Gasteiger partial charge in [0.1, 0.15) is 11.0 Å². The van der Waals surface area contributed by atoms with Crippen molar-refractivity contribution < 1.29 is 24.3 Å². The molecule has 1 aromatic heterocycles. The number of aromatic nitrogens is 1. The Morgan fingerprint density at radius 1 is 1.13 bits per heavy atom. The zero-order valence-electron chi connectivity index (χ0n) is 20.9. The number of benzene rings is 1. The van der Waals surface area contributed by atoms with E-state index in [1.165, 1.54) is 19.3 Å². The number of carbonyl (C=O) groups is 4. The average molecular weight is 552 g/mol. The second-order valence-electron chi connectivity index (χ2n) is 11.8. The molecule has 2 N–H and O–H groups in total. The molecule has 198 valence electrons. The Balaban J connectivity index is 1.12. The maximum atomic E-state index is 13.2. The summed E-state index contributed by atoms with van der Waals surface area (Å²) in [5.74, 6) is 0.846. The van der Waals surface area contributed by atoms with Crippen molar-refractivity contribution in [2.24, 2.45) is 17.8 Å². The molecule has 2 aromatic rings. The summed E-state index contributed by atoms with van der Waals surface area (Å²) in [6.07, 6.45) is 7.75. The summed E-state index contributed by atoms with van der Waals surface area (Å²) >= 11 is 3.14. The van der Waals surface area contributed by atoms with Gasteiger partial charge in [0.15, 0.2) is 5.69 Å². The van der Waals surface area contributed by atoms with Crippen molar-refractivity contribution in [3.63, 3.8) is 0 Å². The fourth-order valence-electron chi connectivity index (χ4n) is 8.15. The van der Waals surface area contributed by atoms with E-state index in [-0.39, 0.29) is 29.3 Å². The normalized spacial score (nSPS) is 31.6. The zero-order valence-corrected chi connectivity index (χ0v) is 22.5. The maximum Gasteiger partial charge on any atom is 0.355 e. The molecule has 8 rings (SSSR count). The van der Waals surface area contributed by atoms with Crippen molar-refractivity contribution >= 4 is 46.8 Å². The SMILES string of the molecule is O=C1CCC(N2Cc3c(SCc4nc(C(=O)O)c(C56CC7CC(CC(C7)C5)C6)s4)cccc3C2=O)C(=O)N1. The third-order valence-corrected chi connectivity index (χ3v) is 11.9. The second-order valence-corrected chi connectivity index (χ2v) is 13.9. The number of nitrogens with one attached hydrogen (secondary N) is 1. The maximum absolute atomic E-state index is 13.2. The molecule has 4 saturated carbocycles. The highest BCUT2D eigenvalue weighted by molar-refractivity contribution is 7.98. The zero-order chi connectivity index (χ0) is 26.2. The van der Waals surface area contributed by atoms with E-state index in [1.807, 2.05) is 12.1 Å². The number of hydrogen-bond donors (Lipinski definition) is 2. The van der Waals surface area contributed by atoms with E-state index in [0.717, 1.165) is 57.4 Å². The van der Waals surface area contributed by atoms with Gasteiger partial charge in [0.25, 0.3) is 5.91 Å². The summed E-state index contributed by atoms with van der Waals surface area (Å²) in [6.45, 7) is 0.320. The van der Waals surface area contributed by atoms with Crippen molar-refractivity contribution in [2.75, 3.05) is 0 Å². The second kappa shape index (κ2) is 8.91. The molecule has 2 aliphatic heterocycles. The number of fused-ring (bicyclic) bond motifs is 1. The average Bonchev–Trinajstić information content (AvgIpc) is 3.45. The quantitative estimate of drug-likeness (QED) is 0.405. The number of carboxylic acids is 1. The number of thioether (sulfide) groups is 1. The Morgan fingerprint density at radius 3 is 2.50 bits per heavy atom. The lowest BCUT2D eigenvalue weighted by molar-refractivity contribution is -0.136. The number of amides is 3. The summed E-state index contributed by atoms with van der Waals surface area (Å²) in [5.41, 5.74) is 1.68. The highest BCUT2D eigenvalue weighted by Gasteiger charge is 2.53. The van der Waals surface area contributed by atoms with Gasteiger partial charge in [-0.2, -0.15) is 0 Å². The first-order chi connectivity index (χ1) is 18.3. The summed E-state index contributed by atoms with van der Waals surface area (Å²) in [4.78, 5) is 57.5. The molecule has 4 bridgehead atoms. The van der Waals surface area contributed by atoms with E-state index in [9.17, 15) is 24.3 Å². The molecule has 38 heavy (non-hydrogen) atoms. The molecule has 10 heteroatoms. The third kappa shape index (κ3) is 3.90. The van der Waals surface area contributed by atoms with E-state index in [4.69, 9.17) is 0 Å². The highest BCUT2D eigenvalue weighted by Crippen LogP contribution is 2.62. The fourth-order valence-corrected chi connectivity index (χ4v) is 10.5. The van der Waals surface area contributed by atoms with Crippen LogP contribution in [0.15, 0.2) is 23.1 Å². The molecular weight excluding hydrogens is 522 g/mol. The molecule has 6 aliphatic rings. The minimum Gasteiger partial charge on any atom is -0.476 e.